The Hall–Kier alpha value is -4.27. The van der Waals surface area contributed by atoms with Gasteiger partial charge < -0.3 is 10.1 Å². The number of carbonyl (C=O) groups is 3. The van der Waals surface area contributed by atoms with E-state index in [1.807, 2.05) is 49.1 Å². The zero-order chi connectivity index (χ0) is 26.4. The predicted octanol–water partition coefficient (Wildman–Crippen LogP) is 4.97. The second kappa shape index (κ2) is 9.24. The van der Waals surface area contributed by atoms with E-state index in [0.717, 1.165) is 36.1 Å². The molecule has 6 rings (SSSR count). The molecule has 38 heavy (non-hydrogen) atoms. The van der Waals surface area contributed by atoms with Crippen LogP contribution in [0.4, 0.5) is 16.3 Å². The minimum atomic E-state index is -0.629. The molecule has 9 nitrogen and oxygen atoms in total. The van der Waals surface area contributed by atoms with Crippen molar-refractivity contribution in [1.82, 2.24) is 14.9 Å². The fourth-order valence-electron chi connectivity index (χ4n) is 6.03. The Kier molecular flexibility index (Phi) is 5.86. The maximum atomic E-state index is 13.0. The molecule has 0 bridgehead atoms. The first-order chi connectivity index (χ1) is 18.3. The van der Waals surface area contributed by atoms with Gasteiger partial charge >= 0.3 is 6.09 Å². The second-order valence-electron chi connectivity index (χ2n) is 10.6. The Morgan fingerprint density at radius 2 is 1.53 bits per heavy atom. The van der Waals surface area contributed by atoms with Gasteiger partial charge in [-0.05, 0) is 57.2 Å². The number of fused-ring (bicyclic) bond motifs is 1. The molecule has 1 N–H and O–H groups in total. The summed E-state index contributed by atoms with van der Waals surface area (Å²) in [5.74, 6) is -0.314. The van der Waals surface area contributed by atoms with Crippen LogP contribution in [0.15, 0.2) is 67.1 Å². The summed E-state index contributed by atoms with van der Waals surface area (Å²) in [5, 5.41) is 3.44. The third-order valence-corrected chi connectivity index (χ3v) is 7.77. The maximum Gasteiger partial charge on any atom is 0.411 e. The van der Waals surface area contributed by atoms with Crippen LogP contribution in [-0.2, 0) is 4.74 Å². The van der Waals surface area contributed by atoms with E-state index in [-0.39, 0.29) is 36.0 Å². The van der Waals surface area contributed by atoms with E-state index in [0.29, 0.717) is 22.6 Å². The van der Waals surface area contributed by atoms with Crippen LogP contribution in [0.2, 0.25) is 0 Å². The number of imide groups is 1. The van der Waals surface area contributed by atoms with Gasteiger partial charge in [-0.1, -0.05) is 42.5 Å². The van der Waals surface area contributed by atoms with E-state index in [1.54, 1.807) is 24.3 Å². The summed E-state index contributed by atoms with van der Waals surface area (Å²) in [6.45, 7) is 3.93. The average Bonchev–Trinajstić information content (AvgIpc) is 3.32. The number of hydrogen-bond donors (Lipinski definition) is 1. The lowest BCUT2D eigenvalue weighted by Gasteiger charge is -2.38. The average molecular weight is 512 g/mol. The van der Waals surface area contributed by atoms with E-state index < -0.39 is 5.60 Å². The second-order valence-corrected chi connectivity index (χ2v) is 10.6. The van der Waals surface area contributed by atoms with Crippen molar-refractivity contribution >= 4 is 29.4 Å². The minimum Gasteiger partial charge on any atom is -0.441 e. The number of ether oxygens (including phenoxy) is 1. The van der Waals surface area contributed by atoms with E-state index in [2.05, 4.69) is 15.3 Å². The van der Waals surface area contributed by atoms with Crippen molar-refractivity contribution in [1.29, 1.82) is 0 Å². The van der Waals surface area contributed by atoms with Crippen LogP contribution in [0.3, 0.4) is 0 Å². The molecule has 2 fully saturated rings. The lowest BCUT2D eigenvalue weighted by molar-refractivity contribution is 0.0664. The van der Waals surface area contributed by atoms with Crippen molar-refractivity contribution in [3.63, 3.8) is 0 Å². The number of nitrogens with one attached hydrogen (secondary N) is 1. The number of amides is 3. The highest BCUT2D eigenvalue weighted by atomic mass is 16.6. The smallest absolute Gasteiger partial charge is 0.411 e. The number of cyclic esters (lactones) is 1. The summed E-state index contributed by atoms with van der Waals surface area (Å²) in [5.41, 5.74) is 1.53. The molecule has 1 aromatic heterocycles. The molecular weight excluding hydrogens is 482 g/mol. The van der Waals surface area contributed by atoms with Gasteiger partial charge in [0.2, 0.25) is 0 Å². The molecule has 0 spiro atoms. The lowest BCUT2D eigenvalue weighted by Crippen LogP contribution is -2.44. The lowest BCUT2D eigenvalue weighted by atomic mass is 9.86. The Morgan fingerprint density at radius 1 is 0.895 bits per heavy atom. The molecule has 3 aliphatic rings. The van der Waals surface area contributed by atoms with Crippen molar-refractivity contribution in [3.05, 3.63) is 83.8 Å². The van der Waals surface area contributed by atoms with Crippen LogP contribution in [-0.4, -0.2) is 50.5 Å². The number of benzene rings is 2. The Balaban J connectivity index is 1.18. The molecule has 2 aliphatic heterocycles. The largest absolute Gasteiger partial charge is 0.441 e. The van der Waals surface area contributed by atoms with E-state index in [4.69, 9.17) is 4.74 Å². The van der Waals surface area contributed by atoms with Crippen LogP contribution in [0, 0.1) is 0 Å². The monoisotopic (exact) mass is 511 g/mol. The molecule has 0 radical (unpaired) electrons. The van der Waals surface area contributed by atoms with Gasteiger partial charge in [-0.2, -0.15) is 0 Å². The van der Waals surface area contributed by atoms with Gasteiger partial charge in [0.05, 0.1) is 23.4 Å². The zero-order valence-corrected chi connectivity index (χ0v) is 21.3. The molecule has 3 aromatic rings. The third kappa shape index (κ3) is 3.98. The minimum absolute atomic E-state index is 0.0497. The van der Waals surface area contributed by atoms with Crippen LogP contribution in [0.5, 0.6) is 0 Å². The first kappa shape index (κ1) is 24.1. The number of hydrogen-bond acceptors (Lipinski definition) is 7. The van der Waals surface area contributed by atoms with Crippen LogP contribution in [0.1, 0.15) is 71.9 Å². The van der Waals surface area contributed by atoms with Gasteiger partial charge in [-0.15, -0.1) is 0 Å². The van der Waals surface area contributed by atoms with E-state index in [1.165, 1.54) is 12.5 Å². The quantitative estimate of drug-likeness (QED) is 0.482. The molecule has 1 saturated heterocycles. The standard InChI is InChI=1S/C29H29N5O4/c1-29(2)24(18-8-4-3-5-9-18)33(28(37)38-29)20-14-12-19(13-15-20)32-25-23(16-30-17-31-25)34-26(35)21-10-6-7-11-22(21)27(34)36/h3-11,16-17,19-20,24H,12-15H2,1-2H3,(H,30,31,32)/t19?,20?,24-/m0/s1. The van der Waals surface area contributed by atoms with Crippen LogP contribution < -0.4 is 10.2 Å². The van der Waals surface area contributed by atoms with Crippen LogP contribution in [0.25, 0.3) is 0 Å². The maximum absolute atomic E-state index is 13.0. The number of carbonyl (C=O) groups excluding carboxylic acids is 3. The van der Waals surface area contributed by atoms with Crippen LogP contribution >= 0.6 is 0 Å². The zero-order valence-electron chi connectivity index (χ0n) is 21.3. The molecular formula is C29H29N5O4. The molecule has 2 aromatic carbocycles. The third-order valence-electron chi connectivity index (χ3n) is 7.77. The molecule has 194 valence electrons. The molecule has 1 atom stereocenters. The normalized spacial score (nSPS) is 24.4. The van der Waals surface area contributed by atoms with Gasteiger partial charge in [-0.3, -0.25) is 14.5 Å². The Labute approximate surface area is 220 Å². The predicted molar refractivity (Wildman–Crippen MR) is 141 cm³/mol. The van der Waals surface area contributed by atoms with Gasteiger partial charge in [0.1, 0.15) is 17.6 Å². The number of rotatable bonds is 5. The number of nitrogens with zero attached hydrogens (tertiary/aromatic N) is 4. The Morgan fingerprint density at radius 3 is 2.18 bits per heavy atom. The summed E-state index contributed by atoms with van der Waals surface area (Å²) in [7, 11) is 0. The molecule has 9 heteroatoms. The van der Waals surface area contributed by atoms with Crippen molar-refractivity contribution in [2.24, 2.45) is 0 Å². The van der Waals surface area contributed by atoms with Gasteiger partial charge in [0.15, 0.2) is 5.82 Å². The molecule has 1 aliphatic carbocycles. The fourth-order valence-corrected chi connectivity index (χ4v) is 6.03. The first-order valence-electron chi connectivity index (χ1n) is 13.0. The SMILES string of the molecule is CC1(C)OC(=O)N(C2CCC(Nc3ncncc3N3C(=O)c4ccccc4C3=O)CC2)[C@H]1c1ccccc1. The summed E-state index contributed by atoms with van der Waals surface area (Å²) in [4.78, 5) is 50.6. The molecule has 3 amide bonds. The summed E-state index contributed by atoms with van der Waals surface area (Å²) in [6.07, 6.45) is 5.80. The van der Waals surface area contributed by atoms with Gasteiger partial charge in [0, 0.05) is 12.1 Å². The first-order valence-corrected chi connectivity index (χ1v) is 13.0. The number of aromatic nitrogens is 2. The highest BCUT2D eigenvalue weighted by Crippen LogP contribution is 2.45. The van der Waals surface area contributed by atoms with Gasteiger partial charge in [0.25, 0.3) is 11.8 Å². The molecule has 1 saturated carbocycles. The van der Waals surface area contributed by atoms with Gasteiger partial charge in [-0.25, -0.2) is 19.7 Å². The van der Waals surface area contributed by atoms with E-state index >= 15 is 0 Å². The summed E-state index contributed by atoms with van der Waals surface area (Å²) >= 11 is 0. The topological polar surface area (TPSA) is 105 Å². The number of anilines is 2. The molecule has 3 heterocycles. The highest BCUT2D eigenvalue weighted by molar-refractivity contribution is 6.35. The van der Waals surface area contributed by atoms with Crippen molar-refractivity contribution < 1.29 is 19.1 Å². The molecule has 0 unspecified atom stereocenters. The van der Waals surface area contributed by atoms with E-state index in [9.17, 15) is 14.4 Å². The summed E-state index contributed by atoms with van der Waals surface area (Å²) < 4.78 is 5.81. The van der Waals surface area contributed by atoms with Crippen molar-refractivity contribution in [3.8, 4) is 0 Å². The van der Waals surface area contributed by atoms with Crippen molar-refractivity contribution in [2.75, 3.05) is 10.2 Å². The highest BCUT2D eigenvalue weighted by Gasteiger charge is 2.51. The Bertz CT molecular complexity index is 1370. The van der Waals surface area contributed by atoms with Crippen molar-refractivity contribution in [2.45, 2.75) is 63.3 Å². The summed E-state index contributed by atoms with van der Waals surface area (Å²) in [6, 6.07) is 16.8. The fraction of sp³-hybridized carbons (Fsp3) is 0.345.